The third-order valence-corrected chi connectivity index (χ3v) is 4.95. The molecule has 0 saturated heterocycles. The summed E-state index contributed by atoms with van der Waals surface area (Å²) < 4.78 is 15.4. The summed E-state index contributed by atoms with van der Waals surface area (Å²) in [6, 6.07) is 6.04. The Morgan fingerprint density at radius 2 is 2.27 bits per heavy atom. The second-order valence-electron chi connectivity index (χ2n) is 6.66. The zero-order valence-electron chi connectivity index (χ0n) is 14.7. The van der Waals surface area contributed by atoms with Crippen molar-refractivity contribution in [2.75, 3.05) is 0 Å². The van der Waals surface area contributed by atoms with Crippen molar-refractivity contribution >= 4 is 5.91 Å². The van der Waals surface area contributed by atoms with Gasteiger partial charge in [0.1, 0.15) is 5.82 Å². The number of halogens is 1. The van der Waals surface area contributed by atoms with E-state index in [1.165, 1.54) is 24.0 Å². The van der Waals surface area contributed by atoms with Gasteiger partial charge in [-0.05, 0) is 38.3 Å². The van der Waals surface area contributed by atoms with Gasteiger partial charge in [-0.2, -0.15) is 10.2 Å². The number of fused-ring (bicyclic) bond motifs is 1. The van der Waals surface area contributed by atoms with Crippen LogP contribution in [0.15, 0.2) is 30.5 Å². The van der Waals surface area contributed by atoms with Gasteiger partial charge in [0.2, 0.25) is 0 Å². The Bertz CT molecular complexity index is 974. The van der Waals surface area contributed by atoms with Crippen molar-refractivity contribution in [3.63, 3.8) is 0 Å². The highest BCUT2D eigenvalue weighted by Crippen LogP contribution is 2.32. The molecule has 7 heteroatoms. The van der Waals surface area contributed by atoms with Crippen LogP contribution in [0.3, 0.4) is 0 Å². The van der Waals surface area contributed by atoms with Crippen LogP contribution in [0.25, 0.3) is 11.3 Å². The average molecular weight is 353 g/mol. The molecule has 1 aliphatic rings. The van der Waals surface area contributed by atoms with Gasteiger partial charge in [-0.25, -0.2) is 4.39 Å². The van der Waals surface area contributed by atoms with E-state index < -0.39 is 0 Å². The summed E-state index contributed by atoms with van der Waals surface area (Å²) in [6.45, 7) is 1.97. The molecule has 1 aliphatic carbocycles. The first-order chi connectivity index (χ1) is 12.5. The smallest absolute Gasteiger partial charge is 0.255 e. The maximum absolute atomic E-state index is 13.5. The first-order valence-electron chi connectivity index (χ1n) is 8.67. The number of aryl methyl sites for hydroxylation is 2. The number of aromatic nitrogens is 4. The minimum Gasteiger partial charge on any atom is -0.345 e. The molecular weight excluding hydrogens is 333 g/mol. The van der Waals surface area contributed by atoms with Crippen LogP contribution in [-0.4, -0.2) is 25.9 Å². The van der Waals surface area contributed by atoms with Crippen molar-refractivity contribution in [3.05, 3.63) is 58.8 Å². The van der Waals surface area contributed by atoms with Gasteiger partial charge in [-0.15, -0.1) is 0 Å². The molecule has 0 aliphatic heterocycles. The lowest BCUT2D eigenvalue weighted by Gasteiger charge is -2.24. The third-order valence-electron chi connectivity index (χ3n) is 4.95. The summed E-state index contributed by atoms with van der Waals surface area (Å²) in [7, 11) is 1.94. The molecule has 134 valence electrons. The fourth-order valence-electron chi connectivity index (χ4n) is 3.79. The fourth-order valence-corrected chi connectivity index (χ4v) is 3.79. The van der Waals surface area contributed by atoms with E-state index in [1.807, 2.05) is 18.7 Å². The number of nitrogens with zero attached hydrogens (tertiary/aromatic N) is 3. The van der Waals surface area contributed by atoms with Gasteiger partial charge in [0.15, 0.2) is 0 Å². The number of benzene rings is 1. The van der Waals surface area contributed by atoms with Gasteiger partial charge in [0.05, 0.1) is 29.2 Å². The van der Waals surface area contributed by atoms with Crippen LogP contribution in [-0.2, 0) is 13.5 Å². The monoisotopic (exact) mass is 353 g/mol. The van der Waals surface area contributed by atoms with Crippen molar-refractivity contribution in [1.29, 1.82) is 0 Å². The van der Waals surface area contributed by atoms with Gasteiger partial charge in [0, 0.05) is 23.9 Å². The Kier molecular flexibility index (Phi) is 4.06. The SMILES string of the molecule is Cc1nn(C)c2c1C(NC(=O)c1cn[nH]c1-c1cccc(F)c1)CCC2. The molecule has 1 aromatic carbocycles. The van der Waals surface area contributed by atoms with E-state index >= 15 is 0 Å². The minimum absolute atomic E-state index is 0.0739. The molecule has 0 fully saturated rings. The highest BCUT2D eigenvalue weighted by Gasteiger charge is 2.28. The Labute approximate surface area is 150 Å². The zero-order chi connectivity index (χ0) is 18.3. The van der Waals surface area contributed by atoms with E-state index in [2.05, 4.69) is 20.6 Å². The summed E-state index contributed by atoms with van der Waals surface area (Å²) in [5, 5.41) is 14.4. The zero-order valence-corrected chi connectivity index (χ0v) is 14.7. The Balaban J connectivity index is 1.63. The number of carbonyl (C=O) groups is 1. The maximum Gasteiger partial charge on any atom is 0.255 e. The first-order valence-corrected chi connectivity index (χ1v) is 8.67. The molecule has 1 atom stereocenters. The van der Waals surface area contributed by atoms with E-state index in [4.69, 9.17) is 0 Å². The van der Waals surface area contributed by atoms with Crippen molar-refractivity contribution in [3.8, 4) is 11.3 Å². The second kappa shape index (κ2) is 6.40. The molecule has 0 saturated carbocycles. The summed E-state index contributed by atoms with van der Waals surface area (Å²) in [6.07, 6.45) is 4.33. The summed E-state index contributed by atoms with van der Waals surface area (Å²) >= 11 is 0. The lowest BCUT2D eigenvalue weighted by Crippen LogP contribution is -2.31. The number of hydrogen-bond acceptors (Lipinski definition) is 3. The molecule has 4 rings (SSSR count). The molecule has 2 heterocycles. The summed E-state index contributed by atoms with van der Waals surface area (Å²) in [4.78, 5) is 12.9. The van der Waals surface area contributed by atoms with E-state index in [0.29, 0.717) is 16.8 Å². The quantitative estimate of drug-likeness (QED) is 0.760. The van der Waals surface area contributed by atoms with Crippen LogP contribution in [0, 0.1) is 12.7 Å². The van der Waals surface area contributed by atoms with Gasteiger partial charge in [-0.3, -0.25) is 14.6 Å². The molecule has 26 heavy (non-hydrogen) atoms. The number of amides is 1. The van der Waals surface area contributed by atoms with Crippen LogP contribution < -0.4 is 5.32 Å². The van der Waals surface area contributed by atoms with Gasteiger partial charge < -0.3 is 5.32 Å². The largest absolute Gasteiger partial charge is 0.345 e. The molecule has 6 nitrogen and oxygen atoms in total. The molecule has 3 aromatic rings. The van der Waals surface area contributed by atoms with Crippen LogP contribution in [0.2, 0.25) is 0 Å². The number of carbonyl (C=O) groups excluding carboxylic acids is 1. The normalized spacial score (nSPS) is 16.3. The molecule has 1 amide bonds. The lowest BCUT2D eigenvalue weighted by atomic mass is 9.90. The Hall–Kier alpha value is -2.96. The third kappa shape index (κ3) is 2.79. The van der Waals surface area contributed by atoms with Crippen molar-refractivity contribution in [1.82, 2.24) is 25.3 Å². The molecule has 0 bridgehead atoms. The molecule has 0 radical (unpaired) electrons. The maximum atomic E-state index is 13.5. The highest BCUT2D eigenvalue weighted by atomic mass is 19.1. The van der Waals surface area contributed by atoms with Crippen LogP contribution in [0.1, 0.15) is 46.2 Å². The van der Waals surface area contributed by atoms with Crippen LogP contribution in [0.5, 0.6) is 0 Å². The van der Waals surface area contributed by atoms with Crippen LogP contribution in [0.4, 0.5) is 4.39 Å². The van der Waals surface area contributed by atoms with Crippen molar-refractivity contribution in [2.24, 2.45) is 7.05 Å². The topological polar surface area (TPSA) is 75.6 Å². The standard InChI is InChI=1S/C19H20FN5O/c1-11-17-15(7-4-8-16(17)25(2)24-11)22-19(26)14-10-21-23-18(14)12-5-3-6-13(20)9-12/h3,5-6,9-10,15H,4,7-8H2,1-2H3,(H,21,23)(H,22,26). The summed E-state index contributed by atoms with van der Waals surface area (Å²) in [5.74, 6) is -0.578. The minimum atomic E-state index is -0.355. The Morgan fingerprint density at radius 3 is 3.08 bits per heavy atom. The Morgan fingerprint density at radius 1 is 1.42 bits per heavy atom. The van der Waals surface area contributed by atoms with E-state index in [0.717, 1.165) is 30.5 Å². The van der Waals surface area contributed by atoms with Gasteiger partial charge >= 0.3 is 0 Å². The van der Waals surface area contributed by atoms with E-state index in [-0.39, 0.29) is 17.8 Å². The number of hydrogen-bond donors (Lipinski definition) is 2. The molecule has 0 spiro atoms. The number of rotatable bonds is 3. The fraction of sp³-hybridized carbons (Fsp3) is 0.316. The summed E-state index contributed by atoms with van der Waals surface area (Å²) in [5.41, 5.74) is 4.75. The molecular formula is C19H20FN5O. The number of nitrogens with one attached hydrogen (secondary N) is 2. The highest BCUT2D eigenvalue weighted by molar-refractivity contribution is 6.00. The van der Waals surface area contributed by atoms with E-state index in [1.54, 1.807) is 12.1 Å². The van der Waals surface area contributed by atoms with E-state index in [9.17, 15) is 9.18 Å². The van der Waals surface area contributed by atoms with Gasteiger partial charge in [-0.1, -0.05) is 12.1 Å². The predicted octanol–water partition coefficient (Wildman–Crippen LogP) is 3.07. The number of aromatic amines is 1. The second-order valence-corrected chi connectivity index (χ2v) is 6.66. The first kappa shape index (κ1) is 16.5. The number of H-pyrrole nitrogens is 1. The van der Waals surface area contributed by atoms with Gasteiger partial charge in [0.25, 0.3) is 5.91 Å². The lowest BCUT2D eigenvalue weighted by molar-refractivity contribution is 0.0933. The molecule has 1 unspecified atom stereocenters. The van der Waals surface area contributed by atoms with Crippen LogP contribution >= 0.6 is 0 Å². The van der Waals surface area contributed by atoms with Crippen molar-refractivity contribution in [2.45, 2.75) is 32.2 Å². The molecule has 2 aromatic heterocycles. The average Bonchev–Trinajstić information content (AvgIpc) is 3.21. The molecule has 2 N–H and O–H groups in total. The van der Waals surface area contributed by atoms with Crippen molar-refractivity contribution < 1.29 is 9.18 Å². The predicted molar refractivity (Wildman–Crippen MR) is 95.1 cm³/mol.